The van der Waals surface area contributed by atoms with E-state index in [1.165, 1.54) is 24.3 Å². The molecule has 0 unspecified atom stereocenters. The largest absolute Gasteiger partial charge is 0.508 e. The van der Waals surface area contributed by atoms with Crippen molar-refractivity contribution < 1.29 is 27.8 Å². The van der Waals surface area contributed by atoms with E-state index in [-0.39, 0.29) is 71.1 Å². The van der Waals surface area contributed by atoms with Crippen LogP contribution in [0.15, 0.2) is 30.3 Å². The molecule has 7 heterocycles. The summed E-state index contributed by atoms with van der Waals surface area (Å²) in [6.45, 7) is 2.34. The first-order chi connectivity index (χ1) is 21.4. The molecule has 12 heteroatoms. The molecule has 9 nitrogen and oxygen atoms in total. The van der Waals surface area contributed by atoms with E-state index in [9.17, 15) is 9.50 Å². The van der Waals surface area contributed by atoms with Crippen molar-refractivity contribution in [3.8, 4) is 28.9 Å². The number of hydrogen-bond donors (Lipinski definition) is 2. The first-order valence-corrected chi connectivity index (χ1v) is 15.4. The molecule has 0 aliphatic carbocycles. The molecule has 9 rings (SSSR count). The molecule has 4 saturated heterocycles. The number of ether oxygens (including phenoxy) is 2. The van der Waals surface area contributed by atoms with Crippen molar-refractivity contribution in [2.24, 2.45) is 0 Å². The number of nitrogens with one attached hydrogen (secondary N) is 1. The molecule has 228 valence electrons. The highest BCUT2D eigenvalue weighted by atomic mass is 19.1. The van der Waals surface area contributed by atoms with Gasteiger partial charge in [0.05, 0.1) is 11.6 Å². The number of piperazine rings is 1. The number of halogens is 3. The van der Waals surface area contributed by atoms with Crippen LogP contribution in [0.5, 0.6) is 17.6 Å². The second-order valence-corrected chi connectivity index (χ2v) is 12.9. The van der Waals surface area contributed by atoms with Crippen LogP contribution in [-0.2, 0) is 0 Å². The standard InChI is InChI=1S/C32H31F3N6O3/c33-17-11-32(7-2-8-40(32)12-17)15-44-31-38-28-25-29(39-31)41-13-18-5-6-22(36-18)23(41)14-43-30(25)37-27(26(28)35)20-10-19(42)9-16-3-1-4-21(34)24(16)20/h1,3-4,9-10,17-18,22-23,36,42H,2,5-8,11-15H2/t17-,18+,22-,23+,32-/m0/s1. The van der Waals surface area contributed by atoms with Crippen molar-refractivity contribution in [2.45, 2.75) is 61.9 Å². The predicted octanol–water partition coefficient (Wildman–Crippen LogP) is 4.49. The van der Waals surface area contributed by atoms with E-state index in [0.29, 0.717) is 36.1 Å². The first kappa shape index (κ1) is 26.5. The fourth-order valence-electron chi connectivity index (χ4n) is 8.36. The number of aromatic nitrogens is 3. The monoisotopic (exact) mass is 604 g/mol. The molecule has 2 aromatic carbocycles. The van der Waals surface area contributed by atoms with Crippen LogP contribution in [0.3, 0.4) is 0 Å². The van der Waals surface area contributed by atoms with E-state index < -0.39 is 23.3 Å². The second kappa shape index (κ2) is 9.55. The van der Waals surface area contributed by atoms with Gasteiger partial charge in [-0.3, -0.25) is 4.90 Å². The lowest BCUT2D eigenvalue weighted by Gasteiger charge is -2.40. The molecule has 0 amide bonds. The Morgan fingerprint density at radius 2 is 2.02 bits per heavy atom. The molecule has 5 atom stereocenters. The molecule has 5 aliphatic rings. The van der Waals surface area contributed by atoms with Gasteiger partial charge >= 0.3 is 6.01 Å². The van der Waals surface area contributed by atoms with Crippen LogP contribution in [-0.4, -0.2) is 87.6 Å². The van der Waals surface area contributed by atoms with Gasteiger partial charge in [0.2, 0.25) is 5.88 Å². The molecule has 5 aliphatic heterocycles. The summed E-state index contributed by atoms with van der Waals surface area (Å²) in [5.41, 5.74) is -0.593. The summed E-state index contributed by atoms with van der Waals surface area (Å²) in [4.78, 5) is 18.3. The Kier molecular flexibility index (Phi) is 5.75. The Labute approximate surface area is 251 Å². The van der Waals surface area contributed by atoms with Gasteiger partial charge in [0, 0.05) is 42.5 Å². The zero-order chi connectivity index (χ0) is 29.7. The van der Waals surface area contributed by atoms with Gasteiger partial charge < -0.3 is 24.8 Å². The van der Waals surface area contributed by atoms with Gasteiger partial charge in [-0.05, 0) is 55.8 Å². The molecule has 0 radical (unpaired) electrons. The molecule has 0 saturated carbocycles. The average Bonchev–Trinajstić information content (AvgIpc) is 3.64. The lowest BCUT2D eigenvalue weighted by atomic mass is 9.95. The molecule has 44 heavy (non-hydrogen) atoms. The maximum atomic E-state index is 16.8. The van der Waals surface area contributed by atoms with Gasteiger partial charge in [0.25, 0.3) is 0 Å². The Morgan fingerprint density at radius 3 is 2.93 bits per heavy atom. The molecule has 2 N–H and O–H groups in total. The predicted molar refractivity (Wildman–Crippen MR) is 157 cm³/mol. The highest BCUT2D eigenvalue weighted by molar-refractivity contribution is 6.02. The number of fused-ring (bicyclic) bond motifs is 7. The summed E-state index contributed by atoms with van der Waals surface area (Å²) in [6.07, 6.45) is 3.24. The summed E-state index contributed by atoms with van der Waals surface area (Å²) in [6, 6.07) is 7.54. The SMILES string of the molecule is Oc1cc(-c2nc3c4c(nc(OC[C@@]56CCCN5C[C@@H](F)C6)nc4c2F)N2C[C@H]4CC[C@H](N4)[C@H]2CO3)c2c(F)cccc2c1. The fourth-order valence-corrected chi connectivity index (χ4v) is 8.36. The number of anilines is 1. The summed E-state index contributed by atoms with van der Waals surface area (Å²) in [5.74, 6) is -0.881. The van der Waals surface area contributed by atoms with E-state index in [1.54, 1.807) is 6.07 Å². The van der Waals surface area contributed by atoms with Crippen molar-refractivity contribution in [1.29, 1.82) is 0 Å². The first-order valence-electron chi connectivity index (χ1n) is 15.4. The van der Waals surface area contributed by atoms with Crippen LogP contribution < -0.4 is 19.7 Å². The number of hydrogen-bond acceptors (Lipinski definition) is 9. The average molecular weight is 605 g/mol. The van der Waals surface area contributed by atoms with Crippen LogP contribution in [0.1, 0.15) is 32.1 Å². The van der Waals surface area contributed by atoms with E-state index >= 15 is 8.78 Å². The lowest BCUT2D eigenvalue weighted by Crippen LogP contribution is -2.60. The van der Waals surface area contributed by atoms with Crippen molar-refractivity contribution >= 4 is 27.5 Å². The van der Waals surface area contributed by atoms with Gasteiger partial charge in [-0.1, -0.05) is 12.1 Å². The molecule has 2 bridgehead atoms. The number of nitrogens with zero attached hydrogens (tertiary/aromatic N) is 5. The smallest absolute Gasteiger partial charge is 0.319 e. The molecular formula is C32H31F3N6O3. The van der Waals surface area contributed by atoms with Gasteiger partial charge in [0.1, 0.15) is 53.4 Å². The van der Waals surface area contributed by atoms with Gasteiger partial charge in [0.15, 0.2) is 5.82 Å². The maximum Gasteiger partial charge on any atom is 0.319 e. The molecule has 0 spiro atoms. The van der Waals surface area contributed by atoms with Gasteiger partial charge in [-0.25, -0.2) is 18.2 Å². The third-order valence-electron chi connectivity index (χ3n) is 10.3. The number of aromatic hydroxyl groups is 1. The third kappa shape index (κ3) is 3.89. The summed E-state index contributed by atoms with van der Waals surface area (Å²) in [5, 5.41) is 15.0. The molecule has 4 fully saturated rings. The quantitative estimate of drug-likeness (QED) is 0.350. The number of benzene rings is 2. The summed E-state index contributed by atoms with van der Waals surface area (Å²) >= 11 is 0. The number of pyridine rings is 1. The lowest BCUT2D eigenvalue weighted by molar-refractivity contribution is 0.107. The number of rotatable bonds is 4. The minimum absolute atomic E-state index is 0.00323. The van der Waals surface area contributed by atoms with Gasteiger partial charge in [-0.15, -0.1) is 0 Å². The van der Waals surface area contributed by atoms with Crippen LogP contribution in [0, 0.1) is 11.6 Å². The van der Waals surface area contributed by atoms with E-state index in [1.807, 2.05) is 0 Å². The van der Waals surface area contributed by atoms with Crippen LogP contribution in [0.4, 0.5) is 19.0 Å². The highest BCUT2D eigenvalue weighted by Gasteiger charge is 2.50. The Morgan fingerprint density at radius 1 is 1.11 bits per heavy atom. The molecule has 2 aromatic heterocycles. The van der Waals surface area contributed by atoms with E-state index in [2.05, 4.69) is 25.1 Å². The number of phenols is 1. The zero-order valence-electron chi connectivity index (χ0n) is 23.9. The Balaban J connectivity index is 1.23. The Bertz CT molecular complexity index is 1840. The maximum absolute atomic E-state index is 16.8. The number of alkyl halides is 1. The summed E-state index contributed by atoms with van der Waals surface area (Å²) < 4.78 is 59.1. The van der Waals surface area contributed by atoms with Crippen molar-refractivity contribution in [2.75, 3.05) is 37.7 Å². The van der Waals surface area contributed by atoms with Crippen molar-refractivity contribution in [3.63, 3.8) is 0 Å². The zero-order valence-corrected chi connectivity index (χ0v) is 23.9. The van der Waals surface area contributed by atoms with E-state index in [0.717, 1.165) is 32.2 Å². The van der Waals surface area contributed by atoms with Crippen LogP contribution in [0.25, 0.3) is 32.9 Å². The van der Waals surface area contributed by atoms with Crippen LogP contribution in [0.2, 0.25) is 0 Å². The van der Waals surface area contributed by atoms with E-state index in [4.69, 9.17) is 14.5 Å². The Hall–Kier alpha value is -3.90. The minimum atomic E-state index is -0.915. The normalized spacial score (nSPS) is 29.1. The summed E-state index contributed by atoms with van der Waals surface area (Å²) in [7, 11) is 0. The minimum Gasteiger partial charge on any atom is -0.508 e. The molecule has 4 aromatic rings. The van der Waals surface area contributed by atoms with Crippen molar-refractivity contribution in [3.05, 3.63) is 42.0 Å². The third-order valence-corrected chi connectivity index (χ3v) is 10.3. The fraction of sp³-hybridized carbons (Fsp3) is 0.469. The topological polar surface area (TPSA) is 95.9 Å². The second-order valence-electron chi connectivity index (χ2n) is 12.9. The molecular weight excluding hydrogens is 573 g/mol. The van der Waals surface area contributed by atoms with Crippen molar-refractivity contribution in [1.82, 2.24) is 25.2 Å². The number of phenolic OH excluding ortho intramolecular Hbond substituents is 1. The van der Waals surface area contributed by atoms with Gasteiger partial charge in [-0.2, -0.15) is 9.97 Å². The van der Waals surface area contributed by atoms with Crippen LogP contribution >= 0.6 is 0 Å². The highest BCUT2D eigenvalue weighted by Crippen LogP contribution is 2.45.